The topological polar surface area (TPSA) is 29.9 Å². The molecule has 3 heteroatoms. The number of rotatable bonds is 4. The lowest BCUT2D eigenvalue weighted by atomic mass is 9.92. The zero-order valence-electron chi connectivity index (χ0n) is 12.5. The van der Waals surface area contributed by atoms with Crippen LogP contribution < -0.4 is 5.32 Å². The molecule has 1 aromatic heterocycles. The van der Waals surface area contributed by atoms with E-state index >= 15 is 0 Å². The van der Waals surface area contributed by atoms with E-state index in [-0.39, 0.29) is 5.54 Å². The van der Waals surface area contributed by atoms with Crippen molar-refractivity contribution in [3.63, 3.8) is 0 Å². The minimum atomic E-state index is -0.0525. The van der Waals surface area contributed by atoms with Crippen LogP contribution >= 0.6 is 0 Å². The summed E-state index contributed by atoms with van der Waals surface area (Å²) in [6.45, 7) is 9.45. The smallest absolute Gasteiger partial charge is 0.0662 e. The lowest BCUT2D eigenvalue weighted by Gasteiger charge is -2.25. The van der Waals surface area contributed by atoms with E-state index in [1.54, 1.807) is 0 Å². The van der Waals surface area contributed by atoms with Gasteiger partial charge in [0, 0.05) is 16.8 Å². The fourth-order valence-electron chi connectivity index (χ4n) is 2.64. The van der Waals surface area contributed by atoms with Gasteiger partial charge in [-0.2, -0.15) is 5.10 Å². The standard InChI is InChI=1S/C16H23N3/c1-12-15(16(3,4)17-5)13(2)19(18-12)11-14-9-7-6-8-10-14/h6-10,17H,11H2,1-5H3. The maximum Gasteiger partial charge on any atom is 0.0662 e. The maximum atomic E-state index is 4.70. The molecule has 1 N–H and O–H groups in total. The lowest BCUT2D eigenvalue weighted by Crippen LogP contribution is -2.34. The molecular formula is C16H23N3. The summed E-state index contributed by atoms with van der Waals surface area (Å²) >= 11 is 0. The largest absolute Gasteiger partial charge is 0.311 e. The average Bonchev–Trinajstić information content (AvgIpc) is 2.66. The van der Waals surface area contributed by atoms with Crippen LogP contribution in [0.25, 0.3) is 0 Å². The van der Waals surface area contributed by atoms with E-state index in [1.165, 1.54) is 16.8 Å². The van der Waals surface area contributed by atoms with Crippen molar-refractivity contribution in [1.29, 1.82) is 0 Å². The van der Waals surface area contributed by atoms with Gasteiger partial charge in [-0.15, -0.1) is 0 Å². The summed E-state index contributed by atoms with van der Waals surface area (Å²) < 4.78 is 2.10. The molecule has 0 unspecified atom stereocenters. The highest BCUT2D eigenvalue weighted by molar-refractivity contribution is 5.32. The van der Waals surface area contributed by atoms with Crippen LogP contribution in [0.2, 0.25) is 0 Å². The van der Waals surface area contributed by atoms with Crippen LogP contribution in [-0.2, 0) is 12.1 Å². The Morgan fingerprint density at radius 1 is 1.16 bits per heavy atom. The molecule has 19 heavy (non-hydrogen) atoms. The normalized spacial score (nSPS) is 11.8. The van der Waals surface area contributed by atoms with Crippen molar-refractivity contribution in [3.05, 3.63) is 52.8 Å². The van der Waals surface area contributed by atoms with Crippen LogP contribution in [0.5, 0.6) is 0 Å². The molecule has 0 spiro atoms. The number of aromatic nitrogens is 2. The van der Waals surface area contributed by atoms with Crippen LogP contribution in [0.4, 0.5) is 0 Å². The highest BCUT2D eigenvalue weighted by Crippen LogP contribution is 2.26. The number of nitrogens with zero attached hydrogens (tertiary/aromatic N) is 2. The fourth-order valence-corrected chi connectivity index (χ4v) is 2.64. The number of nitrogens with one attached hydrogen (secondary N) is 1. The van der Waals surface area contributed by atoms with Gasteiger partial charge in [0.15, 0.2) is 0 Å². The van der Waals surface area contributed by atoms with Crippen molar-refractivity contribution in [3.8, 4) is 0 Å². The lowest BCUT2D eigenvalue weighted by molar-refractivity contribution is 0.439. The first-order valence-electron chi connectivity index (χ1n) is 6.73. The number of hydrogen-bond acceptors (Lipinski definition) is 2. The molecule has 0 aliphatic heterocycles. The van der Waals surface area contributed by atoms with Gasteiger partial charge in [0.1, 0.15) is 0 Å². The van der Waals surface area contributed by atoms with Crippen molar-refractivity contribution in [2.45, 2.75) is 39.8 Å². The molecule has 0 radical (unpaired) electrons. The molecule has 0 aliphatic rings. The first kappa shape index (κ1) is 13.8. The fraction of sp³-hybridized carbons (Fsp3) is 0.438. The second kappa shape index (κ2) is 5.17. The predicted molar refractivity (Wildman–Crippen MR) is 79.3 cm³/mol. The van der Waals surface area contributed by atoms with Gasteiger partial charge >= 0.3 is 0 Å². The van der Waals surface area contributed by atoms with Gasteiger partial charge in [0.05, 0.1) is 12.2 Å². The van der Waals surface area contributed by atoms with E-state index in [0.717, 1.165) is 12.2 Å². The van der Waals surface area contributed by atoms with E-state index < -0.39 is 0 Å². The monoisotopic (exact) mass is 257 g/mol. The van der Waals surface area contributed by atoms with E-state index in [0.29, 0.717) is 0 Å². The molecular weight excluding hydrogens is 234 g/mol. The van der Waals surface area contributed by atoms with Gasteiger partial charge < -0.3 is 5.32 Å². The van der Waals surface area contributed by atoms with Gasteiger partial charge in [-0.25, -0.2) is 0 Å². The Kier molecular flexibility index (Phi) is 3.76. The average molecular weight is 257 g/mol. The highest BCUT2D eigenvalue weighted by Gasteiger charge is 2.26. The molecule has 1 heterocycles. The molecule has 0 atom stereocenters. The molecule has 2 rings (SSSR count). The van der Waals surface area contributed by atoms with E-state index in [9.17, 15) is 0 Å². The van der Waals surface area contributed by atoms with Crippen LogP contribution in [-0.4, -0.2) is 16.8 Å². The molecule has 0 amide bonds. The summed E-state index contributed by atoms with van der Waals surface area (Å²) in [5.41, 5.74) is 4.87. The predicted octanol–water partition coefficient (Wildman–Crippen LogP) is 3.00. The van der Waals surface area contributed by atoms with E-state index in [2.05, 4.69) is 62.0 Å². The minimum absolute atomic E-state index is 0.0525. The Morgan fingerprint density at radius 3 is 2.37 bits per heavy atom. The molecule has 1 aromatic carbocycles. The first-order valence-corrected chi connectivity index (χ1v) is 6.73. The van der Waals surface area contributed by atoms with Crippen LogP contribution in [0.1, 0.15) is 36.4 Å². The third-order valence-corrected chi connectivity index (χ3v) is 3.81. The van der Waals surface area contributed by atoms with E-state index in [1.807, 2.05) is 13.1 Å². The van der Waals surface area contributed by atoms with Gasteiger partial charge in [-0.1, -0.05) is 30.3 Å². The summed E-state index contributed by atoms with van der Waals surface area (Å²) in [6.07, 6.45) is 0. The van der Waals surface area contributed by atoms with Crippen molar-refractivity contribution in [2.24, 2.45) is 0 Å². The van der Waals surface area contributed by atoms with Crippen LogP contribution in [0.15, 0.2) is 30.3 Å². The molecule has 0 saturated heterocycles. The van der Waals surface area contributed by atoms with Gasteiger partial charge in [0.2, 0.25) is 0 Å². The molecule has 0 bridgehead atoms. The Labute approximate surface area is 115 Å². The van der Waals surface area contributed by atoms with Crippen molar-refractivity contribution >= 4 is 0 Å². The van der Waals surface area contributed by atoms with Crippen molar-refractivity contribution < 1.29 is 0 Å². The van der Waals surface area contributed by atoms with Crippen molar-refractivity contribution in [1.82, 2.24) is 15.1 Å². The molecule has 2 aromatic rings. The Hall–Kier alpha value is -1.61. The summed E-state index contributed by atoms with van der Waals surface area (Å²) in [4.78, 5) is 0. The van der Waals surface area contributed by atoms with Gasteiger partial charge in [-0.3, -0.25) is 4.68 Å². The zero-order chi connectivity index (χ0) is 14.0. The molecule has 102 valence electrons. The number of hydrogen-bond donors (Lipinski definition) is 1. The quantitative estimate of drug-likeness (QED) is 0.912. The molecule has 0 aliphatic carbocycles. The van der Waals surface area contributed by atoms with E-state index in [4.69, 9.17) is 5.10 Å². The number of aryl methyl sites for hydroxylation is 1. The summed E-state index contributed by atoms with van der Waals surface area (Å²) in [6, 6.07) is 10.5. The maximum absolute atomic E-state index is 4.70. The third-order valence-electron chi connectivity index (χ3n) is 3.81. The second-order valence-electron chi connectivity index (χ2n) is 5.56. The zero-order valence-corrected chi connectivity index (χ0v) is 12.5. The Balaban J connectivity index is 2.37. The summed E-state index contributed by atoms with van der Waals surface area (Å²) in [7, 11) is 1.99. The Morgan fingerprint density at radius 2 is 1.79 bits per heavy atom. The molecule has 0 saturated carbocycles. The molecule has 0 fully saturated rings. The second-order valence-corrected chi connectivity index (χ2v) is 5.56. The van der Waals surface area contributed by atoms with Crippen LogP contribution in [0.3, 0.4) is 0 Å². The summed E-state index contributed by atoms with van der Waals surface area (Å²) in [5.74, 6) is 0. The Bertz CT molecular complexity index is 553. The summed E-state index contributed by atoms with van der Waals surface area (Å²) in [5, 5.41) is 8.06. The third kappa shape index (κ3) is 2.71. The van der Waals surface area contributed by atoms with Crippen LogP contribution in [0, 0.1) is 13.8 Å². The van der Waals surface area contributed by atoms with Crippen molar-refractivity contribution in [2.75, 3.05) is 7.05 Å². The minimum Gasteiger partial charge on any atom is -0.311 e. The van der Waals surface area contributed by atoms with Gasteiger partial charge in [0.25, 0.3) is 0 Å². The highest BCUT2D eigenvalue weighted by atomic mass is 15.3. The SMILES string of the molecule is CNC(C)(C)c1c(C)nn(Cc2ccccc2)c1C. The molecule has 3 nitrogen and oxygen atoms in total. The number of benzene rings is 1. The first-order chi connectivity index (χ1) is 8.95. The van der Waals surface area contributed by atoms with Gasteiger partial charge in [-0.05, 0) is 40.3 Å².